The molecule has 12 atom stereocenters. The number of hydrogen-bond acceptors (Lipinski definition) is 6. The second kappa shape index (κ2) is 11.2. The fourth-order valence-electron chi connectivity index (χ4n) is 15.7. The molecule has 2 heterocycles. The molecule has 0 radical (unpaired) electrons. The Morgan fingerprint density at radius 2 is 0.750 bits per heavy atom. The van der Waals surface area contributed by atoms with E-state index < -0.39 is 0 Å². The van der Waals surface area contributed by atoms with Gasteiger partial charge in [-0.2, -0.15) is 0 Å². The molecule has 13 rings (SSSR count). The van der Waals surface area contributed by atoms with Gasteiger partial charge in [0.2, 0.25) is 0 Å². The summed E-state index contributed by atoms with van der Waals surface area (Å²) in [4.78, 5) is 60.4. The molecule has 6 saturated carbocycles. The molecular formula is C48H48N4O4. The molecule has 8 nitrogen and oxygen atoms in total. The number of benzene rings is 5. The maximum atomic E-state index is 14.3. The van der Waals surface area contributed by atoms with Crippen molar-refractivity contribution in [3.8, 4) is 0 Å². The Morgan fingerprint density at radius 1 is 0.411 bits per heavy atom. The molecule has 6 fully saturated rings. The summed E-state index contributed by atoms with van der Waals surface area (Å²) in [5, 5.41) is 7.00. The van der Waals surface area contributed by atoms with Crippen LogP contribution in [0.2, 0.25) is 0 Å². The Morgan fingerprint density at radius 3 is 1.09 bits per heavy atom. The number of amides is 4. The Balaban J connectivity index is 0.843. The Hall–Kier alpha value is -4.40. The lowest BCUT2D eigenvalue weighted by molar-refractivity contribution is 0.0568. The Bertz CT molecular complexity index is 2330. The molecule has 0 aromatic heterocycles. The SMILES string of the molecule is NCC1CC2CC1C1CC(CN3C(=O)c4ccc5c6ccc7c8c(ccc(c9ccc(c4c59)C3=O)c86)C(=O)N(CC3CC4C5CC(CN)C(C5)C4C3)C7=O)CC21. The standard InChI is InChI=1S/C48H48N4O4/c49-17-25-13-23-15-37(25)39-11-21(9-35(23)39)19-51-45(53)31-5-1-27-28-2-6-33-44-34(8-4-30(42(28)44)29-3-7-32(46(51)54)43(31)41(27)29)48(56)52(47(33)55)20-22-10-36-24-14-26(18-50)38(16-24)40(36)12-22/h1-8,21-26,35-40H,9-20,49-50H2. The average molecular weight is 745 g/mol. The van der Waals surface area contributed by atoms with E-state index in [1.165, 1.54) is 35.5 Å². The molecule has 12 unspecified atom stereocenters. The van der Waals surface area contributed by atoms with Crippen LogP contribution in [0.3, 0.4) is 0 Å². The van der Waals surface area contributed by atoms with E-state index in [9.17, 15) is 19.2 Å². The largest absolute Gasteiger partial charge is 0.330 e. The van der Waals surface area contributed by atoms with Crippen LogP contribution in [0.25, 0.3) is 43.1 Å². The van der Waals surface area contributed by atoms with Gasteiger partial charge in [-0.15, -0.1) is 0 Å². The molecule has 5 aromatic rings. The van der Waals surface area contributed by atoms with Crippen LogP contribution in [0.15, 0.2) is 48.5 Å². The van der Waals surface area contributed by atoms with E-state index in [-0.39, 0.29) is 23.6 Å². The summed E-state index contributed by atoms with van der Waals surface area (Å²) in [6.07, 6.45) is 9.51. The topological polar surface area (TPSA) is 127 Å². The molecule has 284 valence electrons. The average Bonchev–Trinajstić information content (AvgIpc) is 4.07. The second-order valence-corrected chi connectivity index (χ2v) is 19.7. The zero-order valence-electron chi connectivity index (χ0n) is 31.7. The summed E-state index contributed by atoms with van der Waals surface area (Å²) < 4.78 is 0. The van der Waals surface area contributed by atoms with E-state index in [2.05, 4.69) is 0 Å². The van der Waals surface area contributed by atoms with Crippen molar-refractivity contribution in [3.63, 3.8) is 0 Å². The van der Waals surface area contributed by atoms with Gasteiger partial charge in [0, 0.05) is 46.1 Å². The van der Waals surface area contributed by atoms with Crippen LogP contribution in [-0.2, 0) is 0 Å². The predicted octanol–water partition coefficient (Wildman–Crippen LogP) is 7.44. The van der Waals surface area contributed by atoms with E-state index >= 15 is 0 Å². The van der Waals surface area contributed by atoms with E-state index in [1.807, 2.05) is 48.5 Å². The van der Waals surface area contributed by atoms with Gasteiger partial charge in [-0.1, -0.05) is 24.3 Å². The second-order valence-electron chi connectivity index (χ2n) is 19.7. The minimum atomic E-state index is -0.198. The van der Waals surface area contributed by atoms with Gasteiger partial charge in [0.1, 0.15) is 0 Å². The van der Waals surface area contributed by atoms with E-state index in [1.54, 1.807) is 0 Å². The van der Waals surface area contributed by atoms with Crippen LogP contribution in [0, 0.1) is 71.0 Å². The summed E-state index contributed by atoms with van der Waals surface area (Å²) in [6, 6.07) is 15.7. The number of nitrogens with zero attached hydrogens (tertiary/aromatic N) is 2. The van der Waals surface area contributed by atoms with Crippen LogP contribution < -0.4 is 11.5 Å². The Labute approximate surface area is 325 Å². The van der Waals surface area contributed by atoms with Crippen molar-refractivity contribution >= 4 is 66.7 Å². The smallest absolute Gasteiger partial charge is 0.261 e. The number of rotatable bonds is 6. The highest BCUT2D eigenvalue weighted by atomic mass is 16.2. The zero-order valence-corrected chi connectivity index (χ0v) is 31.7. The summed E-state index contributed by atoms with van der Waals surface area (Å²) >= 11 is 0. The van der Waals surface area contributed by atoms with Gasteiger partial charge < -0.3 is 11.5 Å². The van der Waals surface area contributed by atoms with Gasteiger partial charge in [0.05, 0.1) is 0 Å². The molecule has 4 N–H and O–H groups in total. The van der Waals surface area contributed by atoms with Gasteiger partial charge in [0.25, 0.3) is 23.6 Å². The van der Waals surface area contributed by atoms with Crippen molar-refractivity contribution in [2.24, 2.45) is 82.5 Å². The third-order valence-electron chi connectivity index (χ3n) is 17.7. The minimum Gasteiger partial charge on any atom is -0.330 e. The fourth-order valence-corrected chi connectivity index (χ4v) is 15.7. The van der Waals surface area contributed by atoms with Gasteiger partial charge in [-0.05, 0) is 192 Å². The highest BCUT2D eigenvalue weighted by molar-refractivity contribution is 6.41. The number of nitrogens with two attached hydrogens (primary N) is 2. The molecule has 4 amide bonds. The van der Waals surface area contributed by atoms with Gasteiger partial charge in [-0.3, -0.25) is 29.0 Å². The van der Waals surface area contributed by atoms with E-state index in [0.717, 1.165) is 93.7 Å². The summed E-state index contributed by atoms with van der Waals surface area (Å²) in [7, 11) is 0. The molecule has 5 aromatic carbocycles. The monoisotopic (exact) mass is 744 g/mol. The van der Waals surface area contributed by atoms with Crippen molar-refractivity contribution < 1.29 is 19.2 Å². The predicted molar refractivity (Wildman–Crippen MR) is 215 cm³/mol. The van der Waals surface area contributed by atoms with Gasteiger partial charge in [0.15, 0.2) is 0 Å². The molecule has 8 heteroatoms. The fraction of sp³-hybridized carbons (Fsp3) is 0.500. The summed E-state index contributed by atoms with van der Waals surface area (Å²) in [6.45, 7) is 2.51. The molecule has 4 bridgehead atoms. The summed E-state index contributed by atoms with van der Waals surface area (Å²) in [5.74, 6) is 6.89. The van der Waals surface area contributed by atoms with Crippen molar-refractivity contribution in [2.45, 2.75) is 51.4 Å². The lowest BCUT2D eigenvalue weighted by Gasteiger charge is -2.32. The van der Waals surface area contributed by atoms with Gasteiger partial charge >= 0.3 is 0 Å². The zero-order chi connectivity index (χ0) is 37.5. The van der Waals surface area contributed by atoms with Crippen molar-refractivity contribution in [1.82, 2.24) is 9.80 Å². The van der Waals surface area contributed by atoms with Crippen LogP contribution in [-0.4, -0.2) is 59.6 Å². The highest BCUT2D eigenvalue weighted by Gasteiger charge is 2.57. The quantitative estimate of drug-likeness (QED) is 0.106. The Kier molecular flexibility index (Phi) is 6.51. The first-order valence-corrected chi connectivity index (χ1v) is 21.6. The summed E-state index contributed by atoms with van der Waals surface area (Å²) in [5.41, 5.74) is 14.6. The number of hydrogen-bond donors (Lipinski definition) is 2. The first-order valence-electron chi connectivity index (χ1n) is 21.6. The first kappa shape index (κ1) is 32.7. The highest BCUT2D eigenvalue weighted by Crippen LogP contribution is 2.63. The van der Waals surface area contributed by atoms with E-state index in [4.69, 9.17) is 11.5 Å². The number of carbonyl (C=O) groups is 4. The first-order chi connectivity index (χ1) is 27.3. The maximum absolute atomic E-state index is 14.3. The van der Waals surface area contributed by atoms with Crippen molar-refractivity contribution in [2.75, 3.05) is 26.2 Å². The molecule has 56 heavy (non-hydrogen) atoms. The molecule has 2 aliphatic heterocycles. The molecule has 0 spiro atoms. The third kappa shape index (κ3) is 3.98. The number of imide groups is 2. The van der Waals surface area contributed by atoms with E-state index in [0.29, 0.717) is 94.5 Å². The van der Waals surface area contributed by atoms with Crippen molar-refractivity contribution in [1.29, 1.82) is 0 Å². The maximum Gasteiger partial charge on any atom is 0.261 e. The molecule has 6 aliphatic carbocycles. The molecule has 8 aliphatic rings. The lowest BCUT2D eigenvalue weighted by Crippen LogP contribution is -2.43. The normalized spacial score (nSPS) is 36.5. The third-order valence-corrected chi connectivity index (χ3v) is 17.7. The molecular weight excluding hydrogens is 697 g/mol. The van der Waals surface area contributed by atoms with Crippen LogP contribution in [0.1, 0.15) is 92.8 Å². The lowest BCUT2D eigenvalue weighted by atomic mass is 9.76. The number of fused-ring (bicyclic) bond motifs is 12. The van der Waals surface area contributed by atoms with Crippen LogP contribution >= 0.6 is 0 Å². The van der Waals surface area contributed by atoms with Crippen molar-refractivity contribution in [3.05, 3.63) is 70.8 Å². The minimum absolute atomic E-state index is 0.198. The van der Waals surface area contributed by atoms with Crippen LogP contribution in [0.5, 0.6) is 0 Å². The molecule has 0 saturated heterocycles. The van der Waals surface area contributed by atoms with Gasteiger partial charge in [-0.25, -0.2) is 0 Å². The van der Waals surface area contributed by atoms with Crippen LogP contribution in [0.4, 0.5) is 0 Å². The number of carbonyl (C=O) groups excluding carboxylic acids is 4.